The van der Waals surface area contributed by atoms with E-state index in [4.69, 9.17) is 0 Å². The van der Waals surface area contributed by atoms with E-state index in [1.165, 1.54) is 0 Å². The van der Waals surface area contributed by atoms with Gasteiger partial charge in [-0.05, 0) is 48.0 Å². The minimum atomic E-state index is -0.909. The molecule has 0 spiro atoms. The van der Waals surface area contributed by atoms with Crippen molar-refractivity contribution in [3.05, 3.63) is 32.7 Å². The number of amides is 1. The second-order valence-electron chi connectivity index (χ2n) is 4.12. The Kier molecular flexibility index (Phi) is 4.52. The molecule has 0 radical (unpaired) electrons. The Bertz CT molecular complexity index is 399. The molecule has 0 fully saturated rings. The average molecular weight is 351 g/mol. The molecule has 1 rings (SSSR count). The molecule has 0 aliphatic rings. The largest absolute Gasteiger partial charge is 0.389 e. The summed E-state index contributed by atoms with van der Waals surface area (Å²) in [6.45, 7) is 3.50. The van der Waals surface area contributed by atoms with E-state index in [1.54, 1.807) is 26.0 Å². The molecule has 88 valence electrons. The van der Waals surface area contributed by atoms with E-state index in [0.717, 1.165) is 8.95 Å². The van der Waals surface area contributed by atoms with Crippen molar-refractivity contribution in [1.29, 1.82) is 0 Å². The molecule has 0 unspecified atom stereocenters. The lowest BCUT2D eigenvalue weighted by molar-refractivity contribution is 0.0694. The van der Waals surface area contributed by atoms with Crippen LogP contribution in [-0.2, 0) is 0 Å². The zero-order valence-electron chi connectivity index (χ0n) is 9.05. The first-order valence-electron chi connectivity index (χ1n) is 4.75. The van der Waals surface area contributed by atoms with Gasteiger partial charge in [0.05, 0.1) is 11.2 Å². The molecule has 0 saturated heterocycles. The van der Waals surface area contributed by atoms with Crippen molar-refractivity contribution in [3.63, 3.8) is 0 Å². The highest BCUT2D eigenvalue weighted by Crippen LogP contribution is 2.21. The van der Waals surface area contributed by atoms with Gasteiger partial charge in [-0.2, -0.15) is 0 Å². The van der Waals surface area contributed by atoms with Gasteiger partial charge < -0.3 is 10.4 Å². The number of rotatable bonds is 3. The summed E-state index contributed by atoms with van der Waals surface area (Å²) in [4.78, 5) is 11.8. The summed E-state index contributed by atoms with van der Waals surface area (Å²) >= 11 is 6.61. The average Bonchev–Trinajstić information content (AvgIpc) is 2.17. The number of benzene rings is 1. The molecule has 0 aliphatic heterocycles. The molecule has 5 heteroatoms. The SMILES string of the molecule is CC(C)(O)CNC(=O)c1cc(Br)ccc1Br. The van der Waals surface area contributed by atoms with Crippen molar-refractivity contribution in [3.8, 4) is 0 Å². The monoisotopic (exact) mass is 349 g/mol. The second kappa shape index (κ2) is 5.29. The van der Waals surface area contributed by atoms with Gasteiger partial charge in [-0.15, -0.1) is 0 Å². The summed E-state index contributed by atoms with van der Waals surface area (Å²) in [5, 5.41) is 12.2. The van der Waals surface area contributed by atoms with Crippen molar-refractivity contribution in [2.24, 2.45) is 0 Å². The van der Waals surface area contributed by atoms with Crippen LogP contribution in [0.15, 0.2) is 27.1 Å². The Hall–Kier alpha value is -0.390. The maximum Gasteiger partial charge on any atom is 0.252 e. The Morgan fingerprint density at radius 1 is 1.44 bits per heavy atom. The normalized spacial score (nSPS) is 11.3. The first-order valence-corrected chi connectivity index (χ1v) is 6.34. The number of carbonyl (C=O) groups is 1. The van der Waals surface area contributed by atoms with Crippen LogP contribution in [0.4, 0.5) is 0 Å². The first kappa shape index (κ1) is 13.7. The van der Waals surface area contributed by atoms with E-state index in [1.807, 2.05) is 6.07 Å². The third kappa shape index (κ3) is 4.23. The molecule has 2 N–H and O–H groups in total. The van der Waals surface area contributed by atoms with Crippen LogP contribution in [0.25, 0.3) is 0 Å². The van der Waals surface area contributed by atoms with Gasteiger partial charge in [-0.1, -0.05) is 15.9 Å². The second-order valence-corrected chi connectivity index (χ2v) is 5.89. The molecule has 1 aromatic carbocycles. The molecule has 0 saturated carbocycles. The molecular weight excluding hydrogens is 338 g/mol. The molecule has 0 atom stereocenters. The Morgan fingerprint density at radius 3 is 2.62 bits per heavy atom. The fourth-order valence-electron chi connectivity index (χ4n) is 1.06. The predicted molar refractivity (Wildman–Crippen MR) is 70.5 cm³/mol. The Morgan fingerprint density at radius 2 is 2.06 bits per heavy atom. The molecule has 3 nitrogen and oxygen atoms in total. The van der Waals surface area contributed by atoms with Crippen molar-refractivity contribution in [1.82, 2.24) is 5.32 Å². The molecular formula is C11H13Br2NO2. The van der Waals surface area contributed by atoms with Crippen molar-refractivity contribution < 1.29 is 9.90 Å². The van der Waals surface area contributed by atoms with Gasteiger partial charge in [-0.3, -0.25) is 4.79 Å². The summed E-state index contributed by atoms with van der Waals surface area (Å²) in [5.41, 5.74) is -0.368. The topological polar surface area (TPSA) is 49.3 Å². The molecule has 0 heterocycles. The highest BCUT2D eigenvalue weighted by Gasteiger charge is 2.16. The van der Waals surface area contributed by atoms with E-state index in [2.05, 4.69) is 37.2 Å². The van der Waals surface area contributed by atoms with E-state index in [0.29, 0.717) is 5.56 Å². The molecule has 0 aromatic heterocycles. The predicted octanol–water partition coefficient (Wildman–Crippen LogP) is 2.71. The van der Waals surface area contributed by atoms with Gasteiger partial charge >= 0.3 is 0 Å². The van der Waals surface area contributed by atoms with Gasteiger partial charge in [0.2, 0.25) is 0 Å². The van der Waals surface area contributed by atoms with Gasteiger partial charge in [-0.25, -0.2) is 0 Å². The fraction of sp³-hybridized carbons (Fsp3) is 0.364. The first-order chi connectivity index (χ1) is 7.29. The number of carbonyl (C=O) groups excluding carboxylic acids is 1. The maximum absolute atomic E-state index is 11.8. The van der Waals surface area contributed by atoms with Crippen LogP contribution in [-0.4, -0.2) is 23.2 Å². The standard InChI is InChI=1S/C11H13Br2NO2/c1-11(2,16)6-14-10(15)8-5-7(12)3-4-9(8)13/h3-5,16H,6H2,1-2H3,(H,14,15). The smallest absolute Gasteiger partial charge is 0.252 e. The minimum absolute atomic E-state index is 0.213. The van der Waals surface area contributed by atoms with Gasteiger partial charge in [0.25, 0.3) is 5.91 Å². The van der Waals surface area contributed by atoms with E-state index in [-0.39, 0.29) is 12.5 Å². The number of hydrogen-bond acceptors (Lipinski definition) is 2. The Balaban J connectivity index is 2.77. The van der Waals surface area contributed by atoms with Crippen LogP contribution in [0.3, 0.4) is 0 Å². The van der Waals surface area contributed by atoms with Crippen molar-refractivity contribution >= 4 is 37.8 Å². The zero-order valence-corrected chi connectivity index (χ0v) is 12.2. The van der Waals surface area contributed by atoms with Crippen LogP contribution >= 0.6 is 31.9 Å². The zero-order chi connectivity index (χ0) is 12.3. The van der Waals surface area contributed by atoms with Crippen molar-refractivity contribution in [2.75, 3.05) is 6.54 Å². The summed E-state index contributed by atoms with van der Waals surface area (Å²) in [7, 11) is 0. The van der Waals surface area contributed by atoms with E-state index >= 15 is 0 Å². The van der Waals surface area contributed by atoms with E-state index < -0.39 is 5.60 Å². The number of halogens is 2. The maximum atomic E-state index is 11.8. The van der Waals surface area contributed by atoms with Gasteiger partial charge in [0.15, 0.2) is 0 Å². The van der Waals surface area contributed by atoms with Crippen LogP contribution in [0.1, 0.15) is 24.2 Å². The summed E-state index contributed by atoms with van der Waals surface area (Å²) < 4.78 is 1.56. The fourth-order valence-corrected chi connectivity index (χ4v) is 1.85. The summed E-state index contributed by atoms with van der Waals surface area (Å²) in [6.07, 6.45) is 0. The minimum Gasteiger partial charge on any atom is -0.389 e. The molecule has 1 aromatic rings. The highest BCUT2D eigenvalue weighted by molar-refractivity contribution is 9.11. The summed E-state index contributed by atoms with van der Waals surface area (Å²) in [5.74, 6) is -0.213. The van der Waals surface area contributed by atoms with Crippen LogP contribution in [0.2, 0.25) is 0 Å². The lowest BCUT2D eigenvalue weighted by Crippen LogP contribution is -2.38. The third-order valence-electron chi connectivity index (χ3n) is 1.85. The van der Waals surface area contributed by atoms with Crippen molar-refractivity contribution in [2.45, 2.75) is 19.4 Å². The van der Waals surface area contributed by atoms with Crippen LogP contribution < -0.4 is 5.32 Å². The number of hydrogen-bond donors (Lipinski definition) is 2. The van der Waals surface area contributed by atoms with Crippen LogP contribution in [0, 0.1) is 0 Å². The Labute approximate surface area is 111 Å². The number of nitrogens with one attached hydrogen (secondary N) is 1. The van der Waals surface area contributed by atoms with E-state index in [9.17, 15) is 9.90 Å². The molecule has 1 amide bonds. The van der Waals surface area contributed by atoms with Gasteiger partial charge in [0, 0.05) is 15.5 Å². The summed E-state index contributed by atoms with van der Waals surface area (Å²) in [6, 6.07) is 5.36. The third-order valence-corrected chi connectivity index (χ3v) is 3.04. The number of aliphatic hydroxyl groups is 1. The van der Waals surface area contributed by atoms with Gasteiger partial charge in [0.1, 0.15) is 0 Å². The molecule has 0 aliphatic carbocycles. The lowest BCUT2D eigenvalue weighted by atomic mass is 10.1. The highest BCUT2D eigenvalue weighted by atomic mass is 79.9. The van der Waals surface area contributed by atoms with Crippen LogP contribution in [0.5, 0.6) is 0 Å². The molecule has 0 bridgehead atoms. The molecule has 16 heavy (non-hydrogen) atoms. The quantitative estimate of drug-likeness (QED) is 0.880. The lowest BCUT2D eigenvalue weighted by Gasteiger charge is -2.17.